The van der Waals surface area contributed by atoms with Crippen molar-refractivity contribution >= 4 is 23.1 Å². The van der Waals surface area contributed by atoms with Gasteiger partial charge in [-0.15, -0.1) is 0 Å². The van der Waals surface area contributed by atoms with Crippen molar-refractivity contribution in [2.45, 2.75) is 31.9 Å². The van der Waals surface area contributed by atoms with E-state index < -0.39 is 0 Å². The van der Waals surface area contributed by atoms with Crippen molar-refractivity contribution in [3.05, 3.63) is 11.5 Å². The van der Waals surface area contributed by atoms with Crippen LogP contribution < -0.4 is 11.1 Å². The van der Waals surface area contributed by atoms with E-state index in [0.29, 0.717) is 17.5 Å². The molecule has 3 N–H and O–H groups in total. The smallest absolute Gasteiger partial charge is 0.157 e. The Balaban J connectivity index is 2.05. The Hall–Kier alpha value is -1.07. The van der Waals surface area contributed by atoms with E-state index in [1.165, 1.54) is 6.33 Å². The van der Waals surface area contributed by atoms with Gasteiger partial charge < -0.3 is 15.8 Å². The standard InChI is InChI=1S/C10H15ClN4O/c1-6-4-7(2-3-16-6)15-10-8(12)9(11)13-5-14-10/h5-7H,2-4,12H2,1H3,(H,13,14,15). The van der Waals surface area contributed by atoms with Gasteiger partial charge in [-0.25, -0.2) is 9.97 Å². The second-order valence-corrected chi connectivity index (χ2v) is 4.33. The van der Waals surface area contributed by atoms with E-state index in [2.05, 4.69) is 22.2 Å². The number of hydrogen-bond donors (Lipinski definition) is 2. The Kier molecular flexibility index (Phi) is 3.46. The summed E-state index contributed by atoms with van der Waals surface area (Å²) in [6, 6.07) is 0.331. The molecule has 2 heterocycles. The average molecular weight is 243 g/mol. The molecule has 0 radical (unpaired) electrons. The highest BCUT2D eigenvalue weighted by Crippen LogP contribution is 2.25. The maximum absolute atomic E-state index is 5.82. The van der Waals surface area contributed by atoms with E-state index in [9.17, 15) is 0 Å². The minimum absolute atomic E-state index is 0.268. The number of hydrogen-bond acceptors (Lipinski definition) is 5. The normalized spacial score (nSPS) is 25.4. The van der Waals surface area contributed by atoms with E-state index in [-0.39, 0.29) is 11.3 Å². The molecule has 0 aromatic carbocycles. The number of rotatable bonds is 2. The molecule has 2 rings (SSSR count). The van der Waals surface area contributed by atoms with Crippen LogP contribution in [0.25, 0.3) is 0 Å². The zero-order valence-electron chi connectivity index (χ0n) is 9.11. The summed E-state index contributed by atoms with van der Waals surface area (Å²) in [6.45, 7) is 2.82. The fourth-order valence-corrected chi connectivity index (χ4v) is 1.94. The lowest BCUT2D eigenvalue weighted by atomic mass is 10.0. The maximum Gasteiger partial charge on any atom is 0.157 e. The quantitative estimate of drug-likeness (QED) is 0.773. The van der Waals surface area contributed by atoms with Crippen LogP contribution in [0.3, 0.4) is 0 Å². The first kappa shape index (κ1) is 11.4. The molecule has 1 aliphatic rings. The van der Waals surface area contributed by atoms with Crippen LogP contribution in [0.2, 0.25) is 5.15 Å². The highest BCUT2D eigenvalue weighted by molar-refractivity contribution is 6.32. The molecule has 0 bridgehead atoms. The Bertz CT molecular complexity index is 374. The first-order valence-electron chi connectivity index (χ1n) is 5.31. The molecule has 1 aliphatic heterocycles. The van der Waals surface area contributed by atoms with E-state index in [1.54, 1.807) is 0 Å². The molecule has 88 valence electrons. The SMILES string of the molecule is CC1CC(Nc2ncnc(Cl)c2N)CCO1. The summed E-state index contributed by atoms with van der Waals surface area (Å²) in [5.41, 5.74) is 6.19. The lowest BCUT2D eigenvalue weighted by Crippen LogP contribution is -2.33. The Morgan fingerprint density at radius 1 is 1.56 bits per heavy atom. The van der Waals surface area contributed by atoms with Gasteiger partial charge in [-0.2, -0.15) is 0 Å². The van der Waals surface area contributed by atoms with Gasteiger partial charge in [-0.3, -0.25) is 0 Å². The van der Waals surface area contributed by atoms with Crippen molar-refractivity contribution in [1.82, 2.24) is 9.97 Å². The summed E-state index contributed by atoms with van der Waals surface area (Å²) >= 11 is 5.82. The number of nitrogen functional groups attached to an aromatic ring is 1. The summed E-state index contributed by atoms with van der Waals surface area (Å²) in [7, 11) is 0. The molecular formula is C10H15ClN4O. The molecule has 16 heavy (non-hydrogen) atoms. The number of halogens is 1. The molecule has 0 spiro atoms. The molecule has 0 amide bonds. The number of aromatic nitrogens is 2. The molecular weight excluding hydrogens is 228 g/mol. The lowest BCUT2D eigenvalue weighted by Gasteiger charge is -2.28. The van der Waals surface area contributed by atoms with Crippen LogP contribution in [0.4, 0.5) is 11.5 Å². The molecule has 5 nitrogen and oxygen atoms in total. The van der Waals surface area contributed by atoms with Crippen LogP contribution >= 0.6 is 11.6 Å². The second kappa shape index (κ2) is 4.84. The van der Waals surface area contributed by atoms with Crippen molar-refractivity contribution in [2.75, 3.05) is 17.7 Å². The fraction of sp³-hybridized carbons (Fsp3) is 0.600. The summed E-state index contributed by atoms with van der Waals surface area (Å²) in [5, 5.41) is 3.57. The topological polar surface area (TPSA) is 73.1 Å². The van der Waals surface area contributed by atoms with Gasteiger partial charge in [0.2, 0.25) is 0 Å². The molecule has 1 saturated heterocycles. The van der Waals surface area contributed by atoms with E-state index >= 15 is 0 Å². The monoisotopic (exact) mass is 242 g/mol. The zero-order valence-corrected chi connectivity index (χ0v) is 9.87. The molecule has 2 unspecified atom stereocenters. The zero-order chi connectivity index (χ0) is 11.5. The van der Waals surface area contributed by atoms with Crippen molar-refractivity contribution < 1.29 is 4.74 Å². The number of nitrogens with zero attached hydrogens (tertiary/aromatic N) is 2. The van der Waals surface area contributed by atoms with Crippen molar-refractivity contribution in [1.29, 1.82) is 0 Å². The van der Waals surface area contributed by atoms with Crippen LogP contribution in [0, 0.1) is 0 Å². The van der Waals surface area contributed by atoms with Crippen LogP contribution in [0.1, 0.15) is 19.8 Å². The summed E-state index contributed by atoms with van der Waals surface area (Å²) in [6.07, 6.45) is 3.57. The molecule has 6 heteroatoms. The summed E-state index contributed by atoms with van der Waals surface area (Å²) in [4.78, 5) is 7.90. The minimum atomic E-state index is 0.268. The molecule has 1 aromatic heterocycles. The van der Waals surface area contributed by atoms with E-state index in [4.69, 9.17) is 22.1 Å². The first-order chi connectivity index (χ1) is 7.66. The Morgan fingerprint density at radius 3 is 3.12 bits per heavy atom. The van der Waals surface area contributed by atoms with Gasteiger partial charge in [-0.1, -0.05) is 11.6 Å². The third-order valence-electron chi connectivity index (χ3n) is 2.66. The van der Waals surface area contributed by atoms with E-state index in [0.717, 1.165) is 19.4 Å². The third kappa shape index (κ3) is 2.54. The van der Waals surface area contributed by atoms with Gasteiger partial charge >= 0.3 is 0 Å². The Labute approximate surface area is 99.4 Å². The first-order valence-corrected chi connectivity index (χ1v) is 5.68. The van der Waals surface area contributed by atoms with Gasteiger partial charge in [0.1, 0.15) is 12.0 Å². The third-order valence-corrected chi connectivity index (χ3v) is 2.96. The lowest BCUT2D eigenvalue weighted by molar-refractivity contribution is 0.0232. The highest BCUT2D eigenvalue weighted by atomic mass is 35.5. The van der Waals surface area contributed by atoms with Crippen LogP contribution in [0.15, 0.2) is 6.33 Å². The minimum Gasteiger partial charge on any atom is -0.393 e. The van der Waals surface area contributed by atoms with Crippen molar-refractivity contribution in [2.24, 2.45) is 0 Å². The molecule has 1 fully saturated rings. The van der Waals surface area contributed by atoms with Crippen LogP contribution in [-0.4, -0.2) is 28.7 Å². The maximum atomic E-state index is 5.82. The van der Waals surface area contributed by atoms with Gasteiger partial charge in [-0.05, 0) is 19.8 Å². The van der Waals surface area contributed by atoms with Crippen LogP contribution in [-0.2, 0) is 4.74 Å². The molecule has 0 aliphatic carbocycles. The number of anilines is 2. The summed E-state index contributed by atoms with van der Waals surface area (Å²) < 4.78 is 5.47. The average Bonchev–Trinajstić information content (AvgIpc) is 2.25. The number of nitrogens with two attached hydrogens (primary N) is 1. The number of nitrogens with one attached hydrogen (secondary N) is 1. The fourth-order valence-electron chi connectivity index (χ4n) is 1.81. The largest absolute Gasteiger partial charge is 0.393 e. The second-order valence-electron chi connectivity index (χ2n) is 3.97. The predicted octanol–water partition coefficient (Wildman–Crippen LogP) is 1.69. The van der Waals surface area contributed by atoms with Gasteiger partial charge in [0.25, 0.3) is 0 Å². The highest BCUT2D eigenvalue weighted by Gasteiger charge is 2.20. The van der Waals surface area contributed by atoms with Gasteiger partial charge in [0.15, 0.2) is 11.0 Å². The van der Waals surface area contributed by atoms with Crippen molar-refractivity contribution in [3.63, 3.8) is 0 Å². The van der Waals surface area contributed by atoms with Gasteiger partial charge in [0, 0.05) is 12.6 Å². The molecule has 0 saturated carbocycles. The van der Waals surface area contributed by atoms with Gasteiger partial charge in [0.05, 0.1) is 6.10 Å². The number of ether oxygens (including phenoxy) is 1. The predicted molar refractivity (Wildman–Crippen MR) is 63.5 cm³/mol. The summed E-state index contributed by atoms with van der Waals surface area (Å²) in [5.74, 6) is 0.610. The van der Waals surface area contributed by atoms with E-state index in [1.807, 2.05) is 0 Å². The van der Waals surface area contributed by atoms with Crippen molar-refractivity contribution in [3.8, 4) is 0 Å². The molecule has 2 atom stereocenters. The molecule has 1 aromatic rings. The Morgan fingerprint density at radius 2 is 2.38 bits per heavy atom. The van der Waals surface area contributed by atoms with Crippen LogP contribution in [0.5, 0.6) is 0 Å².